The van der Waals surface area contributed by atoms with Crippen LogP contribution in [0.15, 0.2) is 30.3 Å². The van der Waals surface area contributed by atoms with Crippen LogP contribution in [0.25, 0.3) is 0 Å². The molecule has 0 saturated carbocycles. The predicted octanol–water partition coefficient (Wildman–Crippen LogP) is 5.89. The molecule has 1 amide bonds. The zero-order valence-corrected chi connectivity index (χ0v) is 14.9. The van der Waals surface area contributed by atoms with Crippen molar-refractivity contribution in [1.82, 2.24) is 0 Å². The van der Waals surface area contributed by atoms with Gasteiger partial charge in [-0.1, -0.05) is 82.9 Å². The van der Waals surface area contributed by atoms with Gasteiger partial charge < -0.3 is 0 Å². The smallest absolute Gasteiger partial charge is 0.247 e. The van der Waals surface area contributed by atoms with E-state index in [9.17, 15) is 4.79 Å². The Kier molecular flexibility index (Phi) is 11.2. The van der Waals surface area contributed by atoms with Crippen LogP contribution < -0.4 is 5.06 Å². The summed E-state index contributed by atoms with van der Waals surface area (Å²) in [6.07, 6.45) is 13.0. The van der Waals surface area contributed by atoms with Gasteiger partial charge in [0.15, 0.2) is 0 Å². The van der Waals surface area contributed by atoms with Crippen molar-refractivity contribution in [2.75, 3.05) is 11.7 Å². The Morgan fingerprint density at radius 1 is 0.870 bits per heavy atom. The van der Waals surface area contributed by atoms with Gasteiger partial charge in [-0.15, -0.1) is 0 Å². The number of nitrogens with zero attached hydrogens (tertiary/aromatic N) is 1. The highest BCUT2D eigenvalue weighted by atomic mass is 16.7. The Hall–Kier alpha value is -1.35. The first-order chi connectivity index (χ1) is 11.3. The van der Waals surface area contributed by atoms with Crippen LogP contribution in [0.1, 0.15) is 78.1 Å². The van der Waals surface area contributed by atoms with E-state index in [4.69, 9.17) is 4.84 Å². The molecular formula is C20H33NO2. The second kappa shape index (κ2) is 13.1. The van der Waals surface area contributed by atoms with E-state index in [0.29, 0.717) is 6.61 Å². The monoisotopic (exact) mass is 319 g/mol. The molecule has 1 aromatic carbocycles. The van der Waals surface area contributed by atoms with Gasteiger partial charge in [-0.25, -0.2) is 0 Å². The Morgan fingerprint density at radius 2 is 1.39 bits per heavy atom. The van der Waals surface area contributed by atoms with Crippen molar-refractivity contribution in [3.63, 3.8) is 0 Å². The summed E-state index contributed by atoms with van der Waals surface area (Å²) in [4.78, 5) is 17.3. The number of hydroxylamine groups is 1. The summed E-state index contributed by atoms with van der Waals surface area (Å²) in [5, 5.41) is 1.40. The number of anilines is 1. The van der Waals surface area contributed by atoms with Gasteiger partial charge in [0.25, 0.3) is 0 Å². The SMILES string of the molecule is CCCCCCCCCCCCON(C(C)=O)c1ccccc1. The molecule has 23 heavy (non-hydrogen) atoms. The van der Waals surface area contributed by atoms with Gasteiger partial charge in [0.05, 0.1) is 12.3 Å². The summed E-state index contributed by atoms with van der Waals surface area (Å²) in [6, 6.07) is 9.54. The standard InChI is InChI=1S/C20H33NO2/c1-3-4-5-6-7-8-9-10-11-15-18-23-21(19(2)22)20-16-13-12-14-17-20/h12-14,16-17H,3-11,15,18H2,1-2H3. The van der Waals surface area contributed by atoms with Gasteiger partial charge >= 0.3 is 0 Å². The zero-order chi connectivity index (χ0) is 16.8. The van der Waals surface area contributed by atoms with Crippen molar-refractivity contribution >= 4 is 11.6 Å². The van der Waals surface area contributed by atoms with Crippen molar-refractivity contribution in [1.29, 1.82) is 0 Å². The third-order valence-electron chi connectivity index (χ3n) is 3.99. The number of carbonyl (C=O) groups excluding carboxylic acids is 1. The summed E-state index contributed by atoms with van der Waals surface area (Å²) < 4.78 is 0. The number of carbonyl (C=O) groups is 1. The molecule has 0 radical (unpaired) electrons. The first kappa shape index (κ1) is 19.7. The van der Waals surface area contributed by atoms with E-state index in [1.54, 1.807) is 0 Å². The highest BCUT2D eigenvalue weighted by Gasteiger charge is 2.11. The number of rotatable bonds is 13. The molecule has 1 rings (SSSR count). The number of benzene rings is 1. The van der Waals surface area contributed by atoms with Crippen molar-refractivity contribution in [3.05, 3.63) is 30.3 Å². The number of hydrogen-bond donors (Lipinski definition) is 0. The number of para-hydroxylation sites is 1. The van der Waals surface area contributed by atoms with Crippen LogP contribution in [-0.4, -0.2) is 12.5 Å². The molecule has 3 nitrogen and oxygen atoms in total. The molecule has 0 aliphatic heterocycles. The van der Waals surface area contributed by atoms with E-state index in [2.05, 4.69) is 6.92 Å². The van der Waals surface area contributed by atoms with Gasteiger partial charge in [-0.05, 0) is 18.6 Å². The minimum Gasteiger partial charge on any atom is -0.273 e. The minimum absolute atomic E-state index is 0.0803. The van der Waals surface area contributed by atoms with Crippen LogP contribution >= 0.6 is 0 Å². The maximum Gasteiger partial charge on any atom is 0.247 e. The first-order valence-electron chi connectivity index (χ1n) is 9.24. The largest absolute Gasteiger partial charge is 0.273 e. The van der Waals surface area contributed by atoms with E-state index >= 15 is 0 Å². The van der Waals surface area contributed by atoms with Crippen molar-refractivity contribution in [2.24, 2.45) is 0 Å². The Morgan fingerprint density at radius 3 is 1.91 bits per heavy atom. The Labute approximate surface area is 142 Å². The molecule has 0 bridgehead atoms. The van der Waals surface area contributed by atoms with E-state index in [1.165, 1.54) is 69.8 Å². The van der Waals surface area contributed by atoms with Crippen molar-refractivity contribution in [2.45, 2.75) is 78.1 Å². The van der Waals surface area contributed by atoms with E-state index in [-0.39, 0.29) is 5.91 Å². The molecular weight excluding hydrogens is 286 g/mol. The fourth-order valence-corrected chi connectivity index (χ4v) is 2.66. The van der Waals surface area contributed by atoms with Gasteiger partial charge in [-0.2, -0.15) is 5.06 Å². The van der Waals surface area contributed by atoms with Crippen LogP contribution in [0.3, 0.4) is 0 Å². The molecule has 0 spiro atoms. The quantitative estimate of drug-likeness (QED) is 0.335. The number of amides is 1. The lowest BCUT2D eigenvalue weighted by Gasteiger charge is -2.20. The average Bonchev–Trinajstić information content (AvgIpc) is 2.56. The van der Waals surface area contributed by atoms with Crippen LogP contribution in [0, 0.1) is 0 Å². The topological polar surface area (TPSA) is 29.5 Å². The van der Waals surface area contributed by atoms with Crippen molar-refractivity contribution in [3.8, 4) is 0 Å². The summed E-state index contributed by atoms with van der Waals surface area (Å²) >= 11 is 0. The van der Waals surface area contributed by atoms with Crippen LogP contribution in [-0.2, 0) is 9.63 Å². The third kappa shape index (κ3) is 9.39. The molecule has 0 aliphatic rings. The summed E-state index contributed by atoms with van der Waals surface area (Å²) in [7, 11) is 0. The van der Waals surface area contributed by atoms with Crippen LogP contribution in [0.5, 0.6) is 0 Å². The number of hydrogen-bond acceptors (Lipinski definition) is 2. The Bertz CT molecular complexity index is 405. The first-order valence-corrected chi connectivity index (χ1v) is 9.24. The average molecular weight is 319 g/mol. The molecule has 0 heterocycles. The molecule has 0 fully saturated rings. The normalized spacial score (nSPS) is 10.7. The molecule has 0 atom stereocenters. The highest BCUT2D eigenvalue weighted by Crippen LogP contribution is 2.15. The molecule has 0 unspecified atom stereocenters. The molecule has 3 heteroatoms. The minimum atomic E-state index is -0.0803. The van der Waals surface area contributed by atoms with E-state index in [0.717, 1.165) is 12.1 Å². The lowest BCUT2D eigenvalue weighted by Crippen LogP contribution is -2.29. The van der Waals surface area contributed by atoms with E-state index in [1.807, 2.05) is 30.3 Å². The maximum absolute atomic E-state index is 11.7. The maximum atomic E-state index is 11.7. The summed E-state index contributed by atoms with van der Waals surface area (Å²) in [6.45, 7) is 4.39. The predicted molar refractivity (Wildman–Crippen MR) is 97.4 cm³/mol. The number of unbranched alkanes of at least 4 members (excludes halogenated alkanes) is 9. The fourth-order valence-electron chi connectivity index (χ4n) is 2.66. The lowest BCUT2D eigenvalue weighted by molar-refractivity contribution is -0.123. The molecule has 0 aliphatic carbocycles. The molecule has 0 saturated heterocycles. The van der Waals surface area contributed by atoms with Crippen LogP contribution in [0.2, 0.25) is 0 Å². The van der Waals surface area contributed by atoms with Crippen molar-refractivity contribution < 1.29 is 9.63 Å². The highest BCUT2D eigenvalue weighted by molar-refractivity contribution is 5.89. The fraction of sp³-hybridized carbons (Fsp3) is 0.650. The van der Waals surface area contributed by atoms with Gasteiger partial charge in [-0.3, -0.25) is 9.63 Å². The summed E-state index contributed by atoms with van der Waals surface area (Å²) in [5.74, 6) is -0.0803. The third-order valence-corrected chi connectivity index (χ3v) is 3.99. The lowest BCUT2D eigenvalue weighted by atomic mass is 10.1. The molecule has 130 valence electrons. The second-order valence-electron chi connectivity index (χ2n) is 6.16. The second-order valence-corrected chi connectivity index (χ2v) is 6.16. The molecule has 1 aromatic rings. The molecule has 0 N–H and O–H groups in total. The van der Waals surface area contributed by atoms with Gasteiger partial charge in [0.1, 0.15) is 0 Å². The van der Waals surface area contributed by atoms with Gasteiger partial charge in [0, 0.05) is 6.92 Å². The zero-order valence-electron chi connectivity index (χ0n) is 14.9. The van der Waals surface area contributed by atoms with E-state index < -0.39 is 0 Å². The Balaban J connectivity index is 2.04. The van der Waals surface area contributed by atoms with Crippen LogP contribution in [0.4, 0.5) is 5.69 Å². The summed E-state index contributed by atoms with van der Waals surface area (Å²) in [5.41, 5.74) is 0.798. The van der Waals surface area contributed by atoms with Gasteiger partial charge in [0.2, 0.25) is 5.91 Å². The molecule has 0 aromatic heterocycles.